The third-order valence-corrected chi connectivity index (χ3v) is 3.49. The molecule has 0 amide bonds. The van der Waals surface area contributed by atoms with E-state index >= 15 is 0 Å². The van der Waals surface area contributed by atoms with Crippen LogP contribution in [0.25, 0.3) is 0 Å². The predicted molar refractivity (Wildman–Crippen MR) is 68.8 cm³/mol. The number of nitrogens with zero attached hydrogens (tertiary/aromatic N) is 1. The highest BCUT2D eigenvalue weighted by Crippen LogP contribution is 2.23. The number of rotatable bonds is 4. The van der Waals surface area contributed by atoms with Gasteiger partial charge in [-0.2, -0.15) is 0 Å². The molecular weight excluding hydrogens is 230 g/mol. The zero-order valence-electron chi connectivity index (χ0n) is 10.8. The Bertz CT molecular complexity index is 445. The summed E-state index contributed by atoms with van der Waals surface area (Å²) in [6, 6.07) is 5.68. The highest BCUT2D eigenvalue weighted by Gasteiger charge is 2.30. The van der Waals surface area contributed by atoms with Gasteiger partial charge in [-0.1, -0.05) is 12.1 Å². The number of aliphatic carboxylic acids is 1. The minimum atomic E-state index is -0.710. The number of carboxylic acid groups (broad SMARTS) is 1. The third-order valence-electron chi connectivity index (χ3n) is 3.49. The van der Waals surface area contributed by atoms with E-state index in [1.807, 2.05) is 24.0 Å². The minimum Gasteiger partial charge on any atom is -0.496 e. The molecule has 2 rings (SSSR count). The van der Waals surface area contributed by atoms with E-state index in [0.717, 1.165) is 36.3 Å². The van der Waals surface area contributed by atoms with Crippen LogP contribution in [-0.4, -0.2) is 35.7 Å². The van der Waals surface area contributed by atoms with Gasteiger partial charge < -0.3 is 9.84 Å². The van der Waals surface area contributed by atoms with E-state index < -0.39 is 5.97 Å². The van der Waals surface area contributed by atoms with Crippen LogP contribution in [0.15, 0.2) is 18.2 Å². The Balaban J connectivity index is 2.09. The lowest BCUT2D eigenvalue weighted by atomic mass is 10.1. The van der Waals surface area contributed by atoms with Crippen molar-refractivity contribution in [3.63, 3.8) is 0 Å². The van der Waals surface area contributed by atoms with E-state index in [0.29, 0.717) is 6.54 Å². The quantitative estimate of drug-likeness (QED) is 0.887. The molecule has 1 heterocycles. The van der Waals surface area contributed by atoms with E-state index in [2.05, 4.69) is 6.07 Å². The van der Waals surface area contributed by atoms with E-state index in [-0.39, 0.29) is 6.04 Å². The molecule has 0 spiro atoms. The van der Waals surface area contributed by atoms with E-state index in [1.165, 1.54) is 0 Å². The van der Waals surface area contributed by atoms with Crippen molar-refractivity contribution < 1.29 is 14.6 Å². The number of benzene rings is 1. The summed E-state index contributed by atoms with van der Waals surface area (Å²) in [5.74, 6) is 0.160. The summed E-state index contributed by atoms with van der Waals surface area (Å²) >= 11 is 0. The molecule has 1 aliphatic rings. The van der Waals surface area contributed by atoms with Gasteiger partial charge in [-0.15, -0.1) is 0 Å². The second-order valence-electron chi connectivity index (χ2n) is 4.77. The Morgan fingerprint density at radius 2 is 2.33 bits per heavy atom. The van der Waals surface area contributed by atoms with Gasteiger partial charge in [0.05, 0.1) is 7.11 Å². The van der Waals surface area contributed by atoms with Crippen molar-refractivity contribution in [2.24, 2.45) is 0 Å². The van der Waals surface area contributed by atoms with E-state index in [1.54, 1.807) is 7.11 Å². The van der Waals surface area contributed by atoms with Gasteiger partial charge in [0.15, 0.2) is 0 Å². The van der Waals surface area contributed by atoms with Crippen molar-refractivity contribution in [2.45, 2.75) is 32.4 Å². The Hall–Kier alpha value is -1.55. The lowest BCUT2D eigenvalue weighted by Crippen LogP contribution is -2.35. The molecule has 0 aliphatic carbocycles. The minimum absolute atomic E-state index is 0.326. The van der Waals surface area contributed by atoms with Crippen molar-refractivity contribution >= 4 is 5.97 Å². The molecule has 1 aromatic carbocycles. The van der Waals surface area contributed by atoms with Gasteiger partial charge in [0.2, 0.25) is 0 Å². The molecule has 1 fully saturated rings. The Kier molecular flexibility index (Phi) is 3.87. The lowest BCUT2D eigenvalue weighted by molar-refractivity contribution is -0.142. The van der Waals surface area contributed by atoms with Crippen LogP contribution in [0.2, 0.25) is 0 Å². The molecule has 1 aromatic rings. The Morgan fingerprint density at radius 3 is 2.94 bits per heavy atom. The van der Waals surface area contributed by atoms with Crippen molar-refractivity contribution in [3.05, 3.63) is 29.3 Å². The number of ether oxygens (including phenoxy) is 1. The first kappa shape index (κ1) is 12.9. The lowest BCUT2D eigenvalue weighted by Gasteiger charge is -2.21. The third kappa shape index (κ3) is 2.64. The highest BCUT2D eigenvalue weighted by atomic mass is 16.5. The number of hydrogen-bond acceptors (Lipinski definition) is 3. The summed E-state index contributed by atoms with van der Waals surface area (Å²) in [6.07, 6.45) is 1.72. The molecule has 1 N–H and O–H groups in total. The molecular formula is C14H19NO3. The first-order valence-corrected chi connectivity index (χ1v) is 6.22. The normalized spacial score (nSPS) is 20.0. The zero-order chi connectivity index (χ0) is 13.1. The molecule has 18 heavy (non-hydrogen) atoms. The van der Waals surface area contributed by atoms with E-state index in [4.69, 9.17) is 9.84 Å². The summed E-state index contributed by atoms with van der Waals surface area (Å²) in [4.78, 5) is 13.1. The average molecular weight is 249 g/mol. The molecule has 0 aromatic heterocycles. The Morgan fingerprint density at radius 1 is 1.56 bits per heavy atom. The molecule has 4 heteroatoms. The Labute approximate surface area is 107 Å². The van der Waals surface area contributed by atoms with Gasteiger partial charge in [0.25, 0.3) is 0 Å². The molecule has 0 radical (unpaired) electrons. The number of carbonyl (C=O) groups is 1. The molecule has 1 aliphatic heterocycles. The first-order valence-electron chi connectivity index (χ1n) is 6.22. The number of carboxylic acids is 1. The van der Waals surface area contributed by atoms with Crippen LogP contribution in [0.4, 0.5) is 0 Å². The summed E-state index contributed by atoms with van der Waals surface area (Å²) in [6.45, 7) is 3.56. The van der Waals surface area contributed by atoms with Gasteiger partial charge in [0, 0.05) is 6.54 Å². The second-order valence-corrected chi connectivity index (χ2v) is 4.77. The fraction of sp³-hybridized carbons (Fsp3) is 0.500. The predicted octanol–water partition coefficient (Wildman–Crippen LogP) is 2.05. The standard InChI is InChI=1S/C14H19NO3/c1-10-8-11(5-6-13(10)18-2)9-15-7-3-4-12(15)14(16)17/h5-6,8,12H,3-4,7,9H2,1-2H3,(H,16,17)/t12-/m1/s1. The maximum atomic E-state index is 11.1. The van der Waals surface area contributed by atoms with Crippen LogP contribution >= 0.6 is 0 Å². The molecule has 4 nitrogen and oxygen atoms in total. The first-order chi connectivity index (χ1) is 8.61. The van der Waals surface area contributed by atoms with Gasteiger partial charge in [-0.25, -0.2) is 0 Å². The van der Waals surface area contributed by atoms with Gasteiger partial charge in [-0.05, 0) is 43.5 Å². The highest BCUT2D eigenvalue weighted by molar-refractivity contribution is 5.73. The number of hydrogen-bond donors (Lipinski definition) is 1. The molecule has 98 valence electrons. The number of likely N-dealkylation sites (tertiary alicyclic amines) is 1. The van der Waals surface area contributed by atoms with Crippen molar-refractivity contribution in [1.82, 2.24) is 4.90 Å². The van der Waals surface area contributed by atoms with Crippen molar-refractivity contribution in [2.75, 3.05) is 13.7 Å². The fourth-order valence-electron chi connectivity index (χ4n) is 2.57. The maximum Gasteiger partial charge on any atom is 0.320 e. The largest absolute Gasteiger partial charge is 0.496 e. The fourth-order valence-corrected chi connectivity index (χ4v) is 2.57. The van der Waals surface area contributed by atoms with Crippen LogP contribution in [0.5, 0.6) is 5.75 Å². The van der Waals surface area contributed by atoms with Crippen LogP contribution in [0.1, 0.15) is 24.0 Å². The maximum absolute atomic E-state index is 11.1. The monoisotopic (exact) mass is 249 g/mol. The smallest absolute Gasteiger partial charge is 0.320 e. The molecule has 0 unspecified atom stereocenters. The topological polar surface area (TPSA) is 49.8 Å². The van der Waals surface area contributed by atoms with Gasteiger partial charge in [0.1, 0.15) is 11.8 Å². The SMILES string of the molecule is COc1ccc(CN2CCC[C@@H]2C(=O)O)cc1C. The summed E-state index contributed by atoms with van der Waals surface area (Å²) in [5, 5.41) is 9.14. The summed E-state index contributed by atoms with van der Waals surface area (Å²) < 4.78 is 5.22. The molecule has 0 bridgehead atoms. The van der Waals surface area contributed by atoms with Crippen LogP contribution in [0.3, 0.4) is 0 Å². The van der Waals surface area contributed by atoms with Crippen LogP contribution in [0, 0.1) is 6.92 Å². The van der Waals surface area contributed by atoms with Gasteiger partial charge >= 0.3 is 5.97 Å². The summed E-state index contributed by atoms with van der Waals surface area (Å²) in [7, 11) is 1.66. The average Bonchev–Trinajstić information content (AvgIpc) is 2.77. The molecule has 0 saturated carbocycles. The van der Waals surface area contributed by atoms with Crippen LogP contribution in [-0.2, 0) is 11.3 Å². The molecule has 1 saturated heterocycles. The second kappa shape index (κ2) is 5.40. The van der Waals surface area contributed by atoms with Crippen molar-refractivity contribution in [1.29, 1.82) is 0 Å². The van der Waals surface area contributed by atoms with E-state index in [9.17, 15) is 4.79 Å². The number of methoxy groups -OCH3 is 1. The number of aryl methyl sites for hydroxylation is 1. The van der Waals surface area contributed by atoms with Gasteiger partial charge in [-0.3, -0.25) is 9.69 Å². The van der Waals surface area contributed by atoms with Crippen LogP contribution < -0.4 is 4.74 Å². The molecule has 1 atom stereocenters. The zero-order valence-corrected chi connectivity index (χ0v) is 10.8. The van der Waals surface area contributed by atoms with Crippen molar-refractivity contribution in [3.8, 4) is 5.75 Å². The summed E-state index contributed by atoms with van der Waals surface area (Å²) in [5.41, 5.74) is 2.22.